The van der Waals surface area contributed by atoms with Crippen LogP contribution in [-0.4, -0.2) is 42.6 Å². The zero-order chi connectivity index (χ0) is 35.8. The molecule has 1 aromatic heterocycles. The second-order valence-electron chi connectivity index (χ2n) is 12.6. The van der Waals surface area contributed by atoms with Crippen molar-refractivity contribution in [3.05, 3.63) is 136 Å². The molecule has 0 bridgehead atoms. The van der Waals surface area contributed by atoms with Gasteiger partial charge in [0.15, 0.2) is 0 Å². The van der Waals surface area contributed by atoms with Crippen molar-refractivity contribution in [2.75, 3.05) is 18.5 Å². The van der Waals surface area contributed by atoms with Crippen molar-refractivity contribution in [2.24, 2.45) is 0 Å². The molecule has 3 aromatic rings. The van der Waals surface area contributed by atoms with Crippen LogP contribution in [0.2, 0.25) is 0 Å². The molecule has 1 amide bonds. The van der Waals surface area contributed by atoms with Gasteiger partial charge in [0.25, 0.3) is 5.91 Å². The number of hydrogen-bond acceptors (Lipinski definition) is 5. The predicted molar refractivity (Wildman–Crippen MR) is 178 cm³/mol. The van der Waals surface area contributed by atoms with Crippen LogP contribution in [0.4, 0.5) is 32.0 Å². The van der Waals surface area contributed by atoms with Gasteiger partial charge in [-0.05, 0) is 77.8 Å². The van der Waals surface area contributed by atoms with Crippen molar-refractivity contribution in [2.45, 2.75) is 55.8 Å². The number of nitrogens with zero attached hydrogens (tertiary/aromatic N) is 1. The van der Waals surface area contributed by atoms with Crippen molar-refractivity contribution in [3.8, 4) is 5.88 Å². The van der Waals surface area contributed by atoms with Gasteiger partial charge in [0, 0.05) is 17.7 Å². The maximum atomic E-state index is 13.2. The van der Waals surface area contributed by atoms with Gasteiger partial charge in [0.2, 0.25) is 5.88 Å². The fraction of sp³-hybridized carbons (Fsp3) is 0.282. The quantitative estimate of drug-likeness (QED) is 0.0908. The van der Waals surface area contributed by atoms with E-state index >= 15 is 0 Å². The lowest BCUT2D eigenvalue weighted by Crippen LogP contribution is -2.39. The smallest absolute Gasteiger partial charge is 0.416 e. The van der Waals surface area contributed by atoms with E-state index in [1.54, 1.807) is 12.1 Å². The number of allylic oxidation sites excluding steroid dienone is 5. The van der Waals surface area contributed by atoms with Crippen LogP contribution in [0.15, 0.2) is 114 Å². The number of anilines is 1. The predicted octanol–water partition coefficient (Wildman–Crippen LogP) is 8.46. The van der Waals surface area contributed by atoms with E-state index in [1.807, 2.05) is 18.2 Å². The van der Waals surface area contributed by atoms with E-state index in [4.69, 9.17) is 9.47 Å². The van der Waals surface area contributed by atoms with Crippen LogP contribution in [0.25, 0.3) is 11.1 Å². The number of alkyl halides is 6. The highest BCUT2D eigenvalue weighted by Gasteiger charge is 2.60. The number of halogens is 6. The fourth-order valence-corrected chi connectivity index (χ4v) is 7.13. The minimum Gasteiger partial charge on any atom is -0.478 e. The minimum atomic E-state index is -4.48. The molecule has 1 saturated heterocycles. The number of carbonyl (C=O) groups is 1. The molecule has 0 spiro atoms. The molecule has 0 saturated carbocycles. The van der Waals surface area contributed by atoms with Gasteiger partial charge in [-0.1, -0.05) is 60.0 Å². The SMILES string of the molecule is O=C(Nc1ccc(OCCCC2(C3OC3NCC(F)(F)F)C3=C(CCC=C3)c3ccccc32)nc1)C1=C(c2ccc(C(F)(F)F)cc2)C=C=C=C1. The van der Waals surface area contributed by atoms with Crippen molar-refractivity contribution in [3.63, 3.8) is 0 Å². The molecule has 0 radical (unpaired) electrons. The van der Waals surface area contributed by atoms with Crippen molar-refractivity contribution < 1.29 is 40.6 Å². The van der Waals surface area contributed by atoms with Gasteiger partial charge in [-0.3, -0.25) is 10.1 Å². The number of ether oxygens (including phenoxy) is 2. The largest absolute Gasteiger partial charge is 0.478 e. The van der Waals surface area contributed by atoms with Crippen LogP contribution < -0.4 is 15.4 Å². The summed E-state index contributed by atoms with van der Waals surface area (Å²) in [6.07, 6.45) is 1.33. The summed E-state index contributed by atoms with van der Waals surface area (Å²) in [6, 6.07) is 15.7. The van der Waals surface area contributed by atoms with Gasteiger partial charge >= 0.3 is 12.4 Å². The monoisotopic (exact) mass is 703 g/mol. The van der Waals surface area contributed by atoms with E-state index in [2.05, 4.69) is 45.3 Å². The van der Waals surface area contributed by atoms with Gasteiger partial charge in [-0.2, -0.15) is 26.3 Å². The van der Waals surface area contributed by atoms with Gasteiger partial charge in [-0.15, -0.1) is 0 Å². The minimum absolute atomic E-state index is 0.192. The number of carbonyl (C=O) groups excluding carboxylic acids is 1. The second-order valence-corrected chi connectivity index (χ2v) is 12.6. The van der Waals surface area contributed by atoms with Crippen LogP contribution in [-0.2, 0) is 21.1 Å². The Bertz CT molecular complexity index is 2030. The number of amides is 1. The number of aromatic nitrogens is 1. The number of rotatable bonds is 11. The second kappa shape index (κ2) is 13.5. The molecule has 3 atom stereocenters. The highest BCUT2D eigenvalue weighted by Crippen LogP contribution is 2.58. The third-order valence-electron chi connectivity index (χ3n) is 9.40. The molecule has 2 heterocycles. The number of hydrogen-bond donors (Lipinski definition) is 2. The Hall–Kier alpha value is -5.12. The summed E-state index contributed by atoms with van der Waals surface area (Å²) in [5.74, 6) is -0.199. The Morgan fingerprint density at radius 2 is 1.78 bits per heavy atom. The Kier molecular flexibility index (Phi) is 9.12. The van der Waals surface area contributed by atoms with Crippen molar-refractivity contribution in [1.82, 2.24) is 10.3 Å². The summed E-state index contributed by atoms with van der Waals surface area (Å²) < 4.78 is 90.1. The first-order valence-electron chi connectivity index (χ1n) is 16.4. The Labute approximate surface area is 289 Å². The van der Waals surface area contributed by atoms with Gasteiger partial charge in [-0.25, -0.2) is 4.98 Å². The molecular weight excluding hydrogens is 672 g/mol. The summed E-state index contributed by atoms with van der Waals surface area (Å²) in [4.78, 5) is 17.5. The summed E-state index contributed by atoms with van der Waals surface area (Å²) in [6.45, 7) is -0.864. The normalized spacial score (nSPS) is 21.9. The molecule has 6 nitrogen and oxygen atoms in total. The lowest BCUT2D eigenvalue weighted by atomic mass is 9.70. The van der Waals surface area contributed by atoms with E-state index in [9.17, 15) is 31.1 Å². The Morgan fingerprint density at radius 3 is 2.53 bits per heavy atom. The average molecular weight is 704 g/mol. The van der Waals surface area contributed by atoms with Crippen LogP contribution >= 0.6 is 0 Å². The molecule has 3 aliphatic carbocycles. The van der Waals surface area contributed by atoms with Crippen LogP contribution in [0.5, 0.6) is 5.88 Å². The lowest BCUT2D eigenvalue weighted by molar-refractivity contribution is -0.137. The van der Waals surface area contributed by atoms with E-state index in [0.717, 1.165) is 41.7 Å². The zero-order valence-electron chi connectivity index (χ0n) is 27.0. The number of fused-ring (bicyclic) bond motifs is 2. The maximum Gasteiger partial charge on any atom is 0.416 e. The molecule has 2 N–H and O–H groups in total. The summed E-state index contributed by atoms with van der Waals surface area (Å²) in [7, 11) is 0. The molecule has 1 aliphatic heterocycles. The molecule has 1 fully saturated rings. The maximum absolute atomic E-state index is 13.2. The van der Waals surface area contributed by atoms with E-state index in [-0.39, 0.29) is 12.2 Å². The first kappa shape index (κ1) is 34.3. The van der Waals surface area contributed by atoms with Gasteiger partial charge in [0.1, 0.15) is 12.3 Å². The van der Waals surface area contributed by atoms with Crippen LogP contribution in [0.3, 0.4) is 0 Å². The number of pyridine rings is 1. The third kappa shape index (κ3) is 7.09. The van der Waals surface area contributed by atoms with E-state index in [1.165, 1.54) is 36.1 Å². The van der Waals surface area contributed by atoms with Crippen molar-refractivity contribution >= 4 is 22.7 Å². The Morgan fingerprint density at radius 1 is 1.00 bits per heavy atom. The average Bonchev–Trinajstić information content (AvgIpc) is 3.86. The fourth-order valence-electron chi connectivity index (χ4n) is 7.13. The highest BCUT2D eigenvalue weighted by atomic mass is 19.4. The van der Waals surface area contributed by atoms with Crippen LogP contribution in [0, 0.1) is 0 Å². The molecule has 7 rings (SSSR count). The first-order chi connectivity index (χ1) is 24.4. The molecule has 51 heavy (non-hydrogen) atoms. The van der Waals surface area contributed by atoms with Crippen LogP contribution in [0.1, 0.15) is 47.9 Å². The standard InChI is InChI=1S/C39H31F6N3O3/c40-38(41,42)23-47-36-34(51-36)37(31-12-5-3-9-28(31)29-10-4-6-13-32(29)37)20-7-21-50-33-19-18-26(22-46-33)48-35(49)30-11-2-1-8-27(30)24-14-16-25(17-15-24)39(43,44)45/h3,5-6,8-9,11-19,22,34,36,47H,4,7,10,20-21,23H2,(H,48,49). The molecule has 3 unspecified atom stereocenters. The van der Waals surface area contributed by atoms with Gasteiger partial charge < -0.3 is 14.8 Å². The number of benzene rings is 2. The summed E-state index contributed by atoms with van der Waals surface area (Å²) in [5.41, 5.74) is 9.85. The molecule has 2 aromatic carbocycles. The zero-order valence-corrected chi connectivity index (χ0v) is 27.0. The molecule has 4 aliphatic rings. The topological polar surface area (TPSA) is 75.8 Å². The first-order valence-corrected chi connectivity index (χ1v) is 16.4. The lowest BCUT2D eigenvalue weighted by Gasteiger charge is -2.33. The third-order valence-corrected chi connectivity index (χ3v) is 9.40. The van der Waals surface area contributed by atoms with E-state index < -0.39 is 48.1 Å². The van der Waals surface area contributed by atoms with Gasteiger partial charge in [0.05, 0.1) is 41.6 Å². The summed E-state index contributed by atoms with van der Waals surface area (Å²) >= 11 is 0. The van der Waals surface area contributed by atoms with Crippen molar-refractivity contribution in [1.29, 1.82) is 0 Å². The van der Waals surface area contributed by atoms with E-state index in [0.29, 0.717) is 35.5 Å². The number of nitrogens with one attached hydrogen (secondary N) is 2. The highest BCUT2D eigenvalue weighted by molar-refractivity contribution is 6.12. The summed E-state index contributed by atoms with van der Waals surface area (Å²) in [5, 5.41) is 5.28. The molecular formula is C39H31F6N3O3. The molecule has 12 heteroatoms. The number of epoxide rings is 1. The Balaban J connectivity index is 1.01. The molecule has 262 valence electrons.